The van der Waals surface area contributed by atoms with Gasteiger partial charge in [0.25, 0.3) is 5.91 Å². The molecule has 0 bridgehead atoms. The summed E-state index contributed by atoms with van der Waals surface area (Å²) in [5.74, 6) is 0.123. The second kappa shape index (κ2) is 7.51. The molecule has 0 unspecified atom stereocenters. The molecule has 1 aliphatic heterocycles. The van der Waals surface area contributed by atoms with Crippen molar-refractivity contribution in [3.05, 3.63) is 59.9 Å². The fraction of sp³-hybridized carbons (Fsp3) is 0.409. The SMILES string of the molecule is O=C(CC1(CN2Cc3ccccc3C2=O)CCCCC1)Nc1ccncc1. The van der Waals surface area contributed by atoms with Crippen molar-refractivity contribution < 1.29 is 9.59 Å². The smallest absolute Gasteiger partial charge is 0.254 e. The Hall–Kier alpha value is -2.69. The normalized spacial score (nSPS) is 18.2. The van der Waals surface area contributed by atoms with Crippen LogP contribution < -0.4 is 5.32 Å². The van der Waals surface area contributed by atoms with Gasteiger partial charge in [-0.2, -0.15) is 0 Å². The number of pyridine rings is 1. The van der Waals surface area contributed by atoms with Crippen molar-refractivity contribution >= 4 is 17.5 Å². The van der Waals surface area contributed by atoms with Gasteiger partial charge < -0.3 is 10.2 Å². The number of aromatic nitrogens is 1. The Kier molecular flexibility index (Phi) is 4.92. The van der Waals surface area contributed by atoms with Gasteiger partial charge >= 0.3 is 0 Å². The second-order valence-electron chi connectivity index (χ2n) is 7.84. The molecule has 2 aromatic rings. The summed E-state index contributed by atoms with van der Waals surface area (Å²) < 4.78 is 0. The summed E-state index contributed by atoms with van der Waals surface area (Å²) in [7, 11) is 0. The van der Waals surface area contributed by atoms with Gasteiger partial charge in [0.15, 0.2) is 0 Å². The molecule has 1 fully saturated rings. The Labute approximate surface area is 159 Å². The molecular weight excluding hydrogens is 338 g/mol. The molecule has 140 valence electrons. The van der Waals surface area contributed by atoms with E-state index in [1.54, 1.807) is 24.5 Å². The molecule has 2 aliphatic rings. The maximum Gasteiger partial charge on any atom is 0.254 e. The molecule has 1 saturated carbocycles. The summed E-state index contributed by atoms with van der Waals surface area (Å²) in [5, 5.41) is 2.98. The highest BCUT2D eigenvalue weighted by atomic mass is 16.2. The van der Waals surface area contributed by atoms with E-state index in [4.69, 9.17) is 0 Å². The molecule has 1 aromatic heterocycles. The van der Waals surface area contributed by atoms with Crippen molar-refractivity contribution in [3.8, 4) is 0 Å². The summed E-state index contributed by atoms with van der Waals surface area (Å²) in [6.07, 6.45) is 9.25. The lowest BCUT2D eigenvalue weighted by atomic mass is 9.71. The minimum absolute atomic E-state index is 0.0206. The minimum Gasteiger partial charge on any atom is -0.334 e. The van der Waals surface area contributed by atoms with Gasteiger partial charge in [0.2, 0.25) is 5.91 Å². The van der Waals surface area contributed by atoms with Crippen LogP contribution in [0.15, 0.2) is 48.8 Å². The summed E-state index contributed by atoms with van der Waals surface area (Å²) in [5.41, 5.74) is 2.54. The fourth-order valence-corrected chi connectivity index (χ4v) is 4.52. The predicted molar refractivity (Wildman–Crippen MR) is 104 cm³/mol. The van der Waals surface area contributed by atoms with E-state index in [0.29, 0.717) is 19.5 Å². The van der Waals surface area contributed by atoms with Crippen molar-refractivity contribution in [2.45, 2.75) is 45.1 Å². The van der Waals surface area contributed by atoms with Crippen LogP contribution in [-0.4, -0.2) is 28.2 Å². The Morgan fingerprint density at radius 1 is 1.07 bits per heavy atom. The standard InChI is InChI=1S/C22H25N3O2/c26-20(24-18-8-12-23-13-9-18)14-22(10-4-1-5-11-22)16-25-15-17-6-2-3-7-19(17)21(25)27/h2-3,6-9,12-13H,1,4-5,10-11,14-16H2,(H,23,24,26). The third-order valence-corrected chi connectivity index (χ3v) is 5.84. The molecule has 0 radical (unpaired) electrons. The molecule has 27 heavy (non-hydrogen) atoms. The molecule has 1 aromatic carbocycles. The first-order valence-corrected chi connectivity index (χ1v) is 9.72. The number of carbonyl (C=O) groups excluding carboxylic acids is 2. The van der Waals surface area contributed by atoms with E-state index in [-0.39, 0.29) is 17.2 Å². The van der Waals surface area contributed by atoms with E-state index in [1.165, 1.54) is 6.42 Å². The zero-order valence-electron chi connectivity index (χ0n) is 15.5. The first-order valence-electron chi connectivity index (χ1n) is 9.72. The average molecular weight is 363 g/mol. The van der Waals surface area contributed by atoms with Crippen LogP contribution in [-0.2, 0) is 11.3 Å². The number of benzene rings is 1. The quantitative estimate of drug-likeness (QED) is 0.873. The zero-order chi connectivity index (χ0) is 18.7. The van der Waals surface area contributed by atoms with Gasteiger partial charge in [0.05, 0.1) is 0 Å². The number of rotatable bonds is 5. The summed E-state index contributed by atoms with van der Waals surface area (Å²) >= 11 is 0. The number of hydrogen-bond acceptors (Lipinski definition) is 3. The van der Waals surface area contributed by atoms with Gasteiger partial charge in [-0.15, -0.1) is 0 Å². The number of amides is 2. The lowest BCUT2D eigenvalue weighted by molar-refractivity contribution is -0.119. The van der Waals surface area contributed by atoms with Crippen LogP contribution in [0.4, 0.5) is 5.69 Å². The molecule has 5 heteroatoms. The van der Waals surface area contributed by atoms with Gasteiger partial charge in [-0.1, -0.05) is 37.5 Å². The van der Waals surface area contributed by atoms with Crippen LogP contribution in [0.25, 0.3) is 0 Å². The predicted octanol–water partition coefficient (Wildman–Crippen LogP) is 4.02. The number of nitrogens with zero attached hydrogens (tertiary/aromatic N) is 2. The lowest BCUT2D eigenvalue weighted by Crippen LogP contribution is -2.41. The molecule has 1 aliphatic carbocycles. The third-order valence-electron chi connectivity index (χ3n) is 5.84. The van der Waals surface area contributed by atoms with E-state index >= 15 is 0 Å². The molecule has 4 rings (SSSR count). The minimum atomic E-state index is -0.132. The molecule has 2 amide bonds. The van der Waals surface area contributed by atoms with Crippen molar-refractivity contribution in [3.63, 3.8) is 0 Å². The van der Waals surface area contributed by atoms with Gasteiger partial charge in [0.1, 0.15) is 0 Å². The van der Waals surface area contributed by atoms with Crippen molar-refractivity contribution in [1.82, 2.24) is 9.88 Å². The summed E-state index contributed by atoms with van der Waals surface area (Å²) in [6.45, 7) is 1.31. The topological polar surface area (TPSA) is 62.3 Å². The number of carbonyl (C=O) groups is 2. The fourth-order valence-electron chi connectivity index (χ4n) is 4.52. The molecule has 0 atom stereocenters. The molecular formula is C22H25N3O2. The molecule has 2 heterocycles. The number of hydrogen-bond donors (Lipinski definition) is 1. The van der Waals surface area contributed by atoms with Crippen LogP contribution in [0.2, 0.25) is 0 Å². The van der Waals surface area contributed by atoms with Crippen LogP contribution >= 0.6 is 0 Å². The van der Waals surface area contributed by atoms with E-state index < -0.39 is 0 Å². The molecule has 1 N–H and O–H groups in total. The van der Waals surface area contributed by atoms with E-state index in [1.807, 2.05) is 29.2 Å². The van der Waals surface area contributed by atoms with Crippen LogP contribution in [0.5, 0.6) is 0 Å². The van der Waals surface area contributed by atoms with Crippen molar-refractivity contribution in [1.29, 1.82) is 0 Å². The highest BCUT2D eigenvalue weighted by molar-refractivity contribution is 5.98. The van der Waals surface area contributed by atoms with Gasteiger partial charge in [-0.25, -0.2) is 0 Å². The maximum absolute atomic E-state index is 12.8. The van der Waals surface area contributed by atoms with Crippen LogP contribution in [0.1, 0.15) is 54.4 Å². The highest BCUT2D eigenvalue weighted by Crippen LogP contribution is 2.41. The molecule has 0 spiro atoms. The maximum atomic E-state index is 12.8. The van der Waals surface area contributed by atoms with Crippen molar-refractivity contribution in [2.24, 2.45) is 5.41 Å². The van der Waals surface area contributed by atoms with Gasteiger partial charge in [-0.3, -0.25) is 14.6 Å². The van der Waals surface area contributed by atoms with Crippen molar-refractivity contribution in [2.75, 3.05) is 11.9 Å². The van der Waals surface area contributed by atoms with E-state index in [9.17, 15) is 9.59 Å². The average Bonchev–Trinajstić information content (AvgIpc) is 2.99. The summed E-state index contributed by atoms with van der Waals surface area (Å²) in [6, 6.07) is 11.4. The summed E-state index contributed by atoms with van der Waals surface area (Å²) in [4.78, 5) is 31.5. The Morgan fingerprint density at radius 2 is 1.81 bits per heavy atom. The number of anilines is 1. The number of nitrogens with one attached hydrogen (secondary N) is 1. The first-order chi connectivity index (χ1) is 13.2. The zero-order valence-corrected chi connectivity index (χ0v) is 15.5. The number of fused-ring (bicyclic) bond motifs is 1. The van der Waals surface area contributed by atoms with Crippen LogP contribution in [0.3, 0.4) is 0 Å². The highest BCUT2D eigenvalue weighted by Gasteiger charge is 2.39. The van der Waals surface area contributed by atoms with Crippen LogP contribution in [0, 0.1) is 5.41 Å². The monoisotopic (exact) mass is 363 g/mol. The largest absolute Gasteiger partial charge is 0.334 e. The Bertz CT molecular complexity index is 828. The third kappa shape index (κ3) is 3.87. The molecule has 0 saturated heterocycles. The van der Waals surface area contributed by atoms with Gasteiger partial charge in [0, 0.05) is 43.2 Å². The van der Waals surface area contributed by atoms with E-state index in [2.05, 4.69) is 10.3 Å². The Balaban J connectivity index is 1.48. The first kappa shape index (κ1) is 17.7. The van der Waals surface area contributed by atoms with E-state index in [0.717, 1.165) is 42.5 Å². The second-order valence-corrected chi connectivity index (χ2v) is 7.84. The Morgan fingerprint density at radius 3 is 2.56 bits per heavy atom. The lowest BCUT2D eigenvalue weighted by Gasteiger charge is -2.39. The molecule has 5 nitrogen and oxygen atoms in total. The van der Waals surface area contributed by atoms with Gasteiger partial charge in [-0.05, 0) is 42.0 Å².